The van der Waals surface area contributed by atoms with Gasteiger partial charge in [-0.05, 0) is 24.5 Å². The lowest BCUT2D eigenvalue weighted by atomic mass is 9.85. The fraction of sp³-hybridized carbons (Fsp3) is 0.353. The van der Waals surface area contributed by atoms with E-state index in [2.05, 4.69) is 21.4 Å². The second-order valence-electron chi connectivity index (χ2n) is 6.44. The molecule has 1 aliphatic heterocycles. The van der Waals surface area contributed by atoms with Crippen molar-refractivity contribution >= 4 is 17.5 Å². The summed E-state index contributed by atoms with van der Waals surface area (Å²) in [6.07, 6.45) is 3.96. The Hall–Kier alpha value is -3.03. The molecule has 1 aliphatic carbocycles. The van der Waals surface area contributed by atoms with Crippen LogP contribution in [0.1, 0.15) is 24.0 Å². The Morgan fingerprint density at radius 3 is 2.92 bits per heavy atom. The average molecular weight is 340 g/mol. The third kappa shape index (κ3) is 2.50. The zero-order chi connectivity index (χ0) is 17.6. The molecule has 2 aliphatic rings. The first-order valence-corrected chi connectivity index (χ1v) is 8.18. The quantitative estimate of drug-likeness (QED) is 0.425. The van der Waals surface area contributed by atoms with Gasteiger partial charge in [-0.1, -0.05) is 12.1 Å². The van der Waals surface area contributed by atoms with Crippen LogP contribution >= 0.6 is 0 Å². The first-order chi connectivity index (χ1) is 12.0. The highest BCUT2D eigenvalue weighted by molar-refractivity contribution is 5.79. The highest BCUT2D eigenvalue weighted by Gasteiger charge is 2.52. The molecular formula is C17H20N6O2. The summed E-state index contributed by atoms with van der Waals surface area (Å²) in [5, 5.41) is 3.29. The largest absolute Gasteiger partial charge is 0.489 e. The summed E-state index contributed by atoms with van der Waals surface area (Å²) in [5.41, 5.74) is 13.4. The number of para-hydroxylation sites is 1. The molecule has 1 fully saturated rings. The van der Waals surface area contributed by atoms with Gasteiger partial charge >= 0.3 is 5.69 Å². The lowest BCUT2D eigenvalue weighted by Gasteiger charge is -2.30. The maximum absolute atomic E-state index is 11.9. The van der Waals surface area contributed by atoms with Gasteiger partial charge in [0.2, 0.25) is 0 Å². The number of anilines is 2. The Bertz CT molecular complexity index is 925. The number of hydrogen-bond acceptors (Lipinski definition) is 5. The molecule has 0 bridgehead atoms. The minimum absolute atomic E-state index is 0.0442. The normalized spacial score (nSPS) is 15.7. The summed E-state index contributed by atoms with van der Waals surface area (Å²) >= 11 is 0. The molecule has 1 spiro atoms. The van der Waals surface area contributed by atoms with Crippen molar-refractivity contribution in [1.29, 1.82) is 0 Å². The second-order valence-corrected chi connectivity index (χ2v) is 6.44. The van der Waals surface area contributed by atoms with E-state index < -0.39 is 0 Å². The molecule has 130 valence electrons. The number of guanidine groups is 1. The number of ether oxygens (including phenoxy) is 1. The van der Waals surface area contributed by atoms with Gasteiger partial charge in [0.05, 0.1) is 12.2 Å². The van der Waals surface area contributed by atoms with Crippen LogP contribution in [0.4, 0.5) is 11.5 Å². The van der Waals surface area contributed by atoms with Crippen molar-refractivity contribution in [2.75, 3.05) is 18.5 Å². The Labute approximate surface area is 144 Å². The van der Waals surface area contributed by atoms with Gasteiger partial charge in [0.15, 0.2) is 5.96 Å². The highest BCUT2D eigenvalue weighted by atomic mass is 16.5. The molecule has 0 saturated heterocycles. The zero-order valence-electron chi connectivity index (χ0n) is 14.0. The molecule has 1 aromatic carbocycles. The molecule has 0 amide bonds. The van der Waals surface area contributed by atoms with Gasteiger partial charge in [-0.25, -0.2) is 4.79 Å². The molecule has 1 aromatic heterocycles. The van der Waals surface area contributed by atoms with Crippen LogP contribution in [-0.4, -0.2) is 28.7 Å². The van der Waals surface area contributed by atoms with Gasteiger partial charge in [-0.15, -0.1) is 0 Å². The van der Waals surface area contributed by atoms with Crippen molar-refractivity contribution in [2.45, 2.75) is 18.3 Å². The van der Waals surface area contributed by atoms with Crippen LogP contribution in [-0.2, 0) is 12.5 Å². The molecule has 2 heterocycles. The second kappa shape index (κ2) is 5.51. The van der Waals surface area contributed by atoms with Crippen molar-refractivity contribution in [1.82, 2.24) is 9.55 Å². The molecule has 0 unspecified atom stereocenters. The minimum atomic E-state index is -0.281. The maximum atomic E-state index is 11.9. The van der Waals surface area contributed by atoms with E-state index in [0.717, 1.165) is 24.1 Å². The molecular weight excluding hydrogens is 320 g/mol. The molecule has 8 heteroatoms. The Balaban J connectivity index is 1.71. The summed E-state index contributed by atoms with van der Waals surface area (Å²) in [5.74, 6) is 1.37. The van der Waals surface area contributed by atoms with Gasteiger partial charge in [0.25, 0.3) is 0 Å². The number of nitrogens with one attached hydrogen (secondary N) is 1. The Morgan fingerprint density at radius 1 is 1.40 bits per heavy atom. The van der Waals surface area contributed by atoms with Crippen LogP contribution < -0.4 is 27.2 Å². The van der Waals surface area contributed by atoms with E-state index >= 15 is 0 Å². The van der Waals surface area contributed by atoms with Crippen molar-refractivity contribution < 1.29 is 4.74 Å². The van der Waals surface area contributed by atoms with Gasteiger partial charge in [-0.3, -0.25) is 4.99 Å². The molecule has 4 rings (SSSR count). The third-order valence-corrected chi connectivity index (χ3v) is 4.78. The van der Waals surface area contributed by atoms with Crippen molar-refractivity contribution in [3.05, 3.63) is 46.0 Å². The number of fused-ring (bicyclic) bond motifs is 4. The smallest absolute Gasteiger partial charge is 0.349 e. The van der Waals surface area contributed by atoms with E-state index in [-0.39, 0.29) is 17.1 Å². The first kappa shape index (κ1) is 15.5. The van der Waals surface area contributed by atoms with Crippen molar-refractivity contribution in [2.24, 2.45) is 23.5 Å². The fourth-order valence-corrected chi connectivity index (χ4v) is 3.43. The predicted octanol–water partition coefficient (Wildman–Crippen LogP) is 0.569. The lowest BCUT2D eigenvalue weighted by molar-refractivity contribution is 0.330. The monoisotopic (exact) mass is 340 g/mol. The fourth-order valence-electron chi connectivity index (χ4n) is 3.43. The number of nitrogens with two attached hydrogens (primary N) is 2. The van der Waals surface area contributed by atoms with Crippen LogP contribution in [0.5, 0.6) is 5.75 Å². The van der Waals surface area contributed by atoms with E-state index in [4.69, 9.17) is 16.2 Å². The molecule has 5 N–H and O–H groups in total. The molecule has 0 radical (unpaired) electrons. The molecule has 1 saturated carbocycles. The lowest BCUT2D eigenvalue weighted by Crippen LogP contribution is -2.28. The van der Waals surface area contributed by atoms with Gasteiger partial charge in [0.1, 0.15) is 18.2 Å². The van der Waals surface area contributed by atoms with Crippen molar-refractivity contribution in [3.63, 3.8) is 0 Å². The van der Waals surface area contributed by atoms with Crippen LogP contribution in [0, 0.1) is 0 Å². The summed E-state index contributed by atoms with van der Waals surface area (Å²) in [7, 11) is 1.73. The number of benzene rings is 1. The third-order valence-electron chi connectivity index (χ3n) is 4.78. The summed E-state index contributed by atoms with van der Waals surface area (Å²) < 4.78 is 7.38. The number of aromatic nitrogens is 2. The summed E-state index contributed by atoms with van der Waals surface area (Å²) in [6.45, 7) is 0.742. The highest BCUT2D eigenvalue weighted by Crippen LogP contribution is 2.60. The molecule has 2 aromatic rings. The first-order valence-electron chi connectivity index (χ1n) is 8.18. The van der Waals surface area contributed by atoms with Gasteiger partial charge in [-0.2, -0.15) is 4.98 Å². The van der Waals surface area contributed by atoms with Crippen molar-refractivity contribution in [3.8, 4) is 5.75 Å². The minimum Gasteiger partial charge on any atom is -0.489 e. The van der Waals surface area contributed by atoms with Crippen LogP contribution in [0.2, 0.25) is 0 Å². The number of aryl methyl sites for hydroxylation is 1. The number of aliphatic imine (C=N–C) groups is 1. The van der Waals surface area contributed by atoms with Gasteiger partial charge < -0.3 is 26.1 Å². The molecule has 0 atom stereocenters. The van der Waals surface area contributed by atoms with Crippen LogP contribution in [0.15, 0.2) is 34.2 Å². The number of rotatable bonds is 4. The summed E-state index contributed by atoms with van der Waals surface area (Å²) in [6, 6.07) is 5.98. The van der Waals surface area contributed by atoms with E-state index in [1.165, 1.54) is 10.1 Å². The van der Waals surface area contributed by atoms with E-state index in [1.807, 2.05) is 18.3 Å². The van der Waals surface area contributed by atoms with E-state index in [1.54, 1.807) is 7.05 Å². The molecule has 25 heavy (non-hydrogen) atoms. The Morgan fingerprint density at radius 2 is 2.20 bits per heavy atom. The Kier molecular flexibility index (Phi) is 3.41. The average Bonchev–Trinajstić information content (AvgIpc) is 3.36. The zero-order valence-corrected chi connectivity index (χ0v) is 14.0. The maximum Gasteiger partial charge on any atom is 0.349 e. The van der Waals surface area contributed by atoms with Crippen LogP contribution in [0.25, 0.3) is 0 Å². The van der Waals surface area contributed by atoms with E-state index in [9.17, 15) is 4.79 Å². The standard InChI is InChI=1S/C17H20N6O2/c1-23-9-11-14(22-16(23)24)21-13-10(17(11)5-6-17)3-2-4-12(13)25-8-7-20-15(18)19/h2-4,9H,5-8H2,1H3,(H4,18,19,20)(H,21,22,24). The number of nitrogens with zero attached hydrogens (tertiary/aromatic N) is 3. The van der Waals surface area contributed by atoms with E-state index in [0.29, 0.717) is 24.7 Å². The number of hydrogen-bond donors (Lipinski definition) is 3. The van der Waals surface area contributed by atoms with Gasteiger partial charge in [0, 0.05) is 24.2 Å². The molecule has 8 nitrogen and oxygen atoms in total. The van der Waals surface area contributed by atoms with Crippen LogP contribution in [0.3, 0.4) is 0 Å². The summed E-state index contributed by atoms with van der Waals surface area (Å²) in [4.78, 5) is 20.1. The SMILES string of the molecule is Cn1cc2c(nc1=O)Nc1c(OCCN=C(N)N)cccc1C21CC1. The predicted molar refractivity (Wildman–Crippen MR) is 95.4 cm³/mol. The topological polar surface area (TPSA) is 121 Å².